The number of rotatable bonds is 15. The summed E-state index contributed by atoms with van der Waals surface area (Å²) >= 11 is 0.583. The Morgan fingerprint density at radius 3 is 1.92 bits per heavy atom. The molecule has 11 nitrogen and oxygen atoms in total. The summed E-state index contributed by atoms with van der Waals surface area (Å²) in [7, 11) is 0. The minimum absolute atomic E-state index is 0.124. The fourth-order valence-electron chi connectivity index (χ4n) is 3.68. The Bertz CT molecular complexity index is 1010. The maximum absolute atomic E-state index is 13.3. The predicted octanol–water partition coefficient (Wildman–Crippen LogP) is 1.50. The predicted molar refractivity (Wildman–Crippen MR) is 134 cm³/mol. The summed E-state index contributed by atoms with van der Waals surface area (Å²) in [5, 5.41) is 22.9. The van der Waals surface area contributed by atoms with Crippen molar-refractivity contribution in [3.63, 3.8) is 0 Å². The van der Waals surface area contributed by atoms with Crippen LogP contribution in [0.1, 0.15) is 24.0 Å². The lowest BCUT2D eigenvalue weighted by atomic mass is 9.84. The topological polar surface area (TPSA) is 188 Å². The maximum atomic E-state index is 13.3. The number of benzene rings is 2. The first-order chi connectivity index (χ1) is 17.2. The molecule has 2 aromatic carbocycles. The maximum Gasteiger partial charge on any atom is 0.322 e. The Labute approximate surface area is 211 Å². The third-order valence-electron chi connectivity index (χ3n) is 5.42. The van der Waals surface area contributed by atoms with E-state index in [4.69, 9.17) is 15.9 Å². The fraction of sp³-hybridized carbons (Fsp3) is 0.333. The average molecular weight is 517 g/mol. The quantitative estimate of drug-likeness (QED) is 0.173. The van der Waals surface area contributed by atoms with Crippen molar-refractivity contribution in [2.75, 3.05) is 6.54 Å². The van der Waals surface area contributed by atoms with E-state index in [1.807, 2.05) is 0 Å². The Morgan fingerprint density at radius 1 is 0.944 bits per heavy atom. The number of nitroso groups, excluding NO2 is 1. The van der Waals surface area contributed by atoms with E-state index in [0.29, 0.717) is 11.9 Å². The van der Waals surface area contributed by atoms with Crippen LogP contribution in [0.25, 0.3) is 0 Å². The van der Waals surface area contributed by atoms with E-state index < -0.39 is 47.1 Å². The molecule has 0 heterocycles. The van der Waals surface area contributed by atoms with Crippen LogP contribution in [0.4, 0.5) is 0 Å². The molecule has 2 rings (SSSR count). The van der Waals surface area contributed by atoms with Gasteiger partial charge in [0.15, 0.2) is 0 Å². The van der Waals surface area contributed by atoms with Gasteiger partial charge in [-0.15, -0.1) is 4.91 Å². The molecule has 6 N–H and O–H groups in total. The van der Waals surface area contributed by atoms with Gasteiger partial charge in [-0.25, -0.2) is 0 Å². The highest BCUT2D eigenvalue weighted by molar-refractivity contribution is 7.99. The molecule has 0 aromatic heterocycles. The first-order valence-corrected chi connectivity index (χ1v) is 11.8. The summed E-state index contributed by atoms with van der Waals surface area (Å²) in [5.41, 5.74) is 6.99. The first kappa shape index (κ1) is 28.5. The zero-order valence-electron chi connectivity index (χ0n) is 19.3. The van der Waals surface area contributed by atoms with Crippen LogP contribution in [-0.4, -0.2) is 57.3 Å². The standard InChI is InChI=1S/C24H28N4O7S/c25-18(23(33)34)11-12-19(29)27-21(22(32)26-15-20(30)31)24(36-28-35,13-16-7-3-1-4-8-16)14-17-9-5-2-6-10-17/h1-10,18,21H,11-15,25H2,(H,26,32)(H,27,29)(H,30,31)(H,33,34). The molecule has 2 aromatic rings. The molecule has 192 valence electrons. The number of nitrogens with zero attached hydrogens (tertiary/aromatic N) is 1. The number of aliphatic carboxylic acids is 2. The van der Waals surface area contributed by atoms with Crippen LogP contribution < -0.4 is 16.4 Å². The van der Waals surface area contributed by atoms with E-state index in [0.717, 1.165) is 11.1 Å². The molecule has 0 aliphatic rings. The second kappa shape index (κ2) is 14.0. The number of carboxylic acid groups (broad SMARTS) is 2. The summed E-state index contributed by atoms with van der Waals surface area (Å²) in [6, 6.07) is 15.3. The summed E-state index contributed by atoms with van der Waals surface area (Å²) in [5.74, 6) is -4.07. The van der Waals surface area contributed by atoms with Gasteiger partial charge in [-0.05, 0) is 30.4 Å². The monoisotopic (exact) mass is 516 g/mol. The van der Waals surface area contributed by atoms with Crippen molar-refractivity contribution < 1.29 is 29.4 Å². The van der Waals surface area contributed by atoms with Crippen molar-refractivity contribution in [2.45, 2.75) is 42.5 Å². The Hall–Kier alpha value is -3.77. The summed E-state index contributed by atoms with van der Waals surface area (Å²) in [6.45, 7) is -0.707. The van der Waals surface area contributed by atoms with Crippen molar-refractivity contribution in [3.8, 4) is 0 Å². The second-order valence-corrected chi connectivity index (χ2v) is 9.30. The molecule has 0 aliphatic carbocycles. The van der Waals surface area contributed by atoms with Gasteiger partial charge in [0, 0.05) is 23.0 Å². The third kappa shape index (κ3) is 8.78. The third-order valence-corrected chi connectivity index (χ3v) is 6.38. The molecular weight excluding hydrogens is 488 g/mol. The van der Waals surface area contributed by atoms with Crippen LogP contribution in [0.5, 0.6) is 0 Å². The molecule has 0 bridgehead atoms. The first-order valence-electron chi connectivity index (χ1n) is 11.0. The molecule has 0 fully saturated rings. The van der Waals surface area contributed by atoms with Gasteiger partial charge in [-0.2, -0.15) is 0 Å². The number of carbonyl (C=O) groups excluding carboxylic acids is 2. The lowest BCUT2D eigenvalue weighted by Crippen LogP contribution is -2.61. The molecular formula is C24H28N4O7S. The summed E-state index contributed by atoms with van der Waals surface area (Å²) < 4.78 is 1.68. The minimum Gasteiger partial charge on any atom is -0.480 e. The van der Waals surface area contributed by atoms with Crippen LogP contribution >= 0.6 is 11.9 Å². The van der Waals surface area contributed by atoms with E-state index in [-0.39, 0.29) is 25.7 Å². The number of carbonyl (C=O) groups is 4. The molecule has 0 radical (unpaired) electrons. The summed E-state index contributed by atoms with van der Waals surface area (Å²) in [4.78, 5) is 59.9. The number of nitrogens with one attached hydrogen (secondary N) is 2. The second-order valence-electron chi connectivity index (χ2n) is 8.15. The molecule has 36 heavy (non-hydrogen) atoms. The molecule has 2 atom stereocenters. The largest absolute Gasteiger partial charge is 0.480 e. The van der Waals surface area contributed by atoms with Gasteiger partial charge in [0.05, 0.1) is 4.75 Å². The molecule has 2 amide bonds. The average Bonchev–Trinajstić information content (AvgIpc) is 2.85. The van der Waals surface area contributed by atoms with Gasteiger partial charge in [-0.1, -0.05) is 60.7 Å². The van der Waals surface area contributed by atoms with Gasteiger partial charge >= 0.3 is 11.9 Å². The highest BCUT2D eigenvalue weighted by Crippen LogP contribution is 2.38. The van der Waals surface area contributed by atoms with Crippen LogP contribution in [0.2, 0.25) is 0 Å². The fourth-order valence-corrected chi connectivity index (χ4v) is 4.57. The van der Waals surface area contributed by atoms with Crippen molar-refractivity contribution in [2.24, 2.45) is 10.3 Å². The molecule has 0 aliphatic heterocycles. The van der Waals surface area contributed by atoms with E-state index in [1.165, 1.54) is 0 Å². The van der Waals surface area contributed by atoms with Crippen molar-refractivity contribution >= 4 is 35.7 Å². The van der Waals surface area contributed by atoms with Gasteiger partial charge in [0.2, 0.25) is 11.8 Å². The highest BCUT2D eigenvalue weighted by atomic mass is 32.2. The highest BCUT2D eigenvalue weighted by Gasteiger charge is 2.46. The van der Waals surface area contributed by atoms with Gasteiger partial charge in [0.1, 0.15) is 18.6 Å². The minimum atomic E-state index is -1.39. The van der Waals surface area contributed by atoms with Gasteiger partial charge in [0.25, 0.3) is 0 Å². The molecule has 0 saturated carbocycles. The zero-order chi connectivity index (χ0) is 26.6. The Morgan fingerprint density at radius 2 is 1.47 bits per heavy atom. The Kier molecular flexibility index (Phi) is 11.0. The molecule has 12 heteroatoms. The smallest absolute Gasteiger partial charge is 0.322 e. The normalized spacial score (nSPS) is 12.7. The summed E-state index contributed by atoms with van der Waals surface area (Å²) in [6.07, 6.45) is -0.241. The number of hydrogen-bond acceptors (Lipinski definition) is 8. The number of carboxylic acids is 2. The SMILES string of the molecule is NC(CCC(=O)NC(C(=O)NCC(=O)O)C(Cc1ccccc1)(Cc1ccccc1)SN=O)C(=O)O. The molecule has 0 saturated heterocycles. The number of hydrogen-bond donors (Lipinski definition) is 5. The van der Waals surface area contributed by atoms with Crippen LogP contribution in [0.15, 0.2) is 65.2 Å². The van der Waals surface area contributed by atoms with Crippen LogP contribution in [0, 0.1) is 4.91 Å². The molecule has 2 unspecified atom stereocenters. The number of nitrogens with two attached hydrogens (primary N) is 1. The Balaban J connectivity index is 2.50. The van der Waals surface area contributed by atoms with E-state index in [1.54, 1.807) is 60.7 Å². The van der Waals surface area contributed by atoms with E-state index in [2.05, 4.69) is 15.2 Å². The number of amides is 2. The van der Waals surface area contributed by atoms with Crippen molar-refractivity contribution in [1.29, 1.82) is 0 Å². The molecule has 0 spiro atoms. The lowest BCUT2D eigenvalue weighted by molar-refractivity contribution is -0.139. The lowest BCUT2D eigenvalue weighted by Gasteiger charge is -2.37. The van der Waals surface area contributed by atoms with E-state index >= 15 is 0 Å². The van der Waals surface area contributed by atoms with Gasteiger partial charge < -0.3 is 26.6 Å². The van der Waals surface area contributed by atoms with Crippen molar-refractivity contribution in [1.82, 2.24) is 10.6 Å². The van der Waals surface area contributed by atoms with Crippen LogP contribution in [0.3, 0.4) is 0 Å². The van der Waals surface area contributed by atoms with Crippen LogP contribution in [-0.2, 0) is 32.0 Å². The van der Waals surface area contributed by atoms with E-state index in [9.17, 15) is 24.1 Å². The van der Waals surface area contributed by atoms with Gasteiger partial charge in [-0.3, -0.25) is 19.2 Å². The van der Waals surface area contributed by atoms with Crippen molar-refractivity contribution in [3.05, 3.63) is 76.7 Å². The zero-order valence-corrected chi connectivity index (χ0v) is 20.1.